The van der Waals surface area contributed by atoms with Crippen LogP contribution in [0.15, 0.2) is 66.7 Å². The molecule has 184 valence electrons. The molecule has 36 heavy (non-hydrogen) atoms. The van der Waals surface area contributed by atoms with E-state index in [2.05, 4.69) is 31.1 Å². The number of halogens is 3. The zero-order chi connectivity index (χ0) is 26.0. The molecule has 3 aromatic carbocycles. The van der Waals surface area contributed by atoms with Gasteiger partial charge < -0.3 is 5.32 Å². The van der Waals surface area contributed by atoms with Gasteiger partial charge in [-0.1, -0.05) is 79.8 Å². The molecule has 1 amide bonds. The third-order valence-electron chi connectivity index (χ3n) is 5.88. The summed E-state index contributed by atoms with van der Waals surface area (Å²) in [6.45, 7) is 8.50. The Labute approximate surface area is 226 Å². The molecule has 0 aliphatic carbocycles. The minimum atomic E-state index is -0.190. The van der Waals surface area contributed by atoms with Crippen molar-refractivity contribution in [2.45, 2.75) is 39.7 Å². The highest BCUT2D eigenvalue weighted by molar-refractivity contribution is 6.36. The summed E-state index contributed by atoms with van der Waals surface area (Å²) >= 11 is 18.8. The molecule has 0 saturated heterocycles. The van der Waals surface area contributed by atoms with Crippen molar-refractivity contribution in [3.8, 4) is 22.4 Å². The fraction of sp³-hybridized carbons (Fsp3) is 0.207. The molecule has 0 aliphatic heterocycles. The van der Waals surface area contributed by atoms with Crippen LogP contribution in [0.5, 0.6) is 0 Å². The van der Waals surface area contributed by atoms with Gasteiger partial charge in [-0.25, -0.2) is 9.97 Å². The lowest BCUT2D eigenvalue weighted by Gasteiger charge is -2.19. The third-order valence-corrected chi connectivity index (χ3v) is 6.68. The van der Waals surface area contributed by atoms with E-state index in [0.29, 0.717) is 32.1 Å². The van der Waals surface area contributed by atoms with Crippen LogP contribution in [0.1, 0.15) is 48.2 Å². The van der Waals surface area contributed by atoms with Crippen molar-refractivity contribution >= 4 is 40.7 Å². The van der Waals surface area contributed by atoms with E-state index < -0.39 is 0 Å². The lowest BCUT2D eigenvalue weighted by molar-refractivity contribution is 0.0950. The Hall–Kier alpha value is -2.92. The van der Waals surface area contributed by atoms with E-state index in [9.17, 15) is 4.79 Å². The minimum absolute atomic E-state index is 0.0194. The van der Waals surface area contributed by atoms with Crippen LogP contribution >= 0.6 is 34.8 Å². The van der Waals surface area contributed by atoms with E-state index in [1.165, 1.54) is 5.56 Å². The highest BCUT2D eigenvalue weighted by Gasteiger charge is 2.19. The van der Waals surface area contributed by atoms with Gasteiger partial charge in [0.15, 0.2) is 0 Å². The predicted molar refractivity (Wildman–Crippen MR) is 149 cm³/mol. The highest BCUT2D eigenvalue weighted by atomic mass is 35.5. The molecule has 4 rings (SSSR count). The molecule has 0 unspecified atom stereocenters. The maximum absolute atomic E-state index is 12.8. The van der Waals surface area contributed by atoms with E-state index in [-0.39, 0.29) is 17.9 Å². The Bertz CT molecular complexity index is 1410. The van der Waals surface area contributed by atoms with Gasteiger partial charge in [-0.05, 0) is 65.9 Å². The van der Waals surface area contributed by atoms with Gasteiger partial charge in [-0.2, -0.15) is 0 Å². The number of benzene rings is 3. The molecule has 0 aliphatic rings. The van der Waals surface area contributed by atoms with Crippen molar-refractivity contribution in [1.82, 2.24) is 15.3 Å². The second-order valence-electron chi connectivity index (χ2n) is 9.59. The van der Waals surface area contributed by atoms with Crippen molar-refractivity contribution in [2.24, 2.45) is 0 Å². The number of rotatable bonds is 5. The number of hydrogen-bond donors (Lipinski definition) is 1. The molecule has 0 spiro atoms. The summed E-state index contributed by atoms with van der Waals surface area (Å²) in [7, 11) is 0. The number of nitrogens with one attached hydrogen (secondary N) is 1. The first-order chi connectivity index (χ1) is 17.0. The molecule has 1 N–H and O–H groups in total. The molecular weight excluding hydrogens is 513 g/mol. The lowest BCUT2D eigenvalue weighted by atomic mass is 9.87. The quantitative estimate of drug-likeness (QED) is 0.278. The van der Waals surface area contributed by atoms with Gasteiger partial charge in [0.2, 0.25) is 0 Å². The molecule has 0 atom stereocenters. The first kappa shape index (κ1) is 26.2. The molecular formula is C29H26Cl3N3O. The van der Waals surface area contributed by atoms with E-state index in [0.717, 1.165) is 22.4 Å². The van der Waals surface area contributed by atoms with Gasteiger partial charge in [0.25, 0.3) is 5.91 Å². The first-order valence-electron chi connectivity index (χ1n) is 11.5. The van der Waals surface area contributed by atoms with Crippen molar-refractivity contribution in [3.63, 3.8) is 0 Å². The van der Waals surface area contributed by atoms with Crippen LogP contribution in [0.25, 0.3) is 22.4 Å². The molecule has 1 aromatic heterocycles. The maximum Gasteiger partial charge on any atom is 0.251 e. The average Bonchev–Trinajstić information content (AvgIpc) is 2.82. The van der Waals surface area contributed by atoms with Crippen LogP contribution in [-0.4, -0.2) is 15.9 Å². The average molecular weight is 539 g/mol. The van der Waals surface area contributed by atoms with Crippen LogP contribution in [0.2, 0.25) is 15.1 Å². The third kappa shape index (κ3) is 5.89. The van der Waals surface area contributed by atoms with E-state index in [1.807, 2.05) is 61.5 Å². The highest BCUT2D eigenvalue weighted by Crippen LogP contribution is 2.37. The van der Waals surface area contributed by atoms with Crippen molar-refractivity contribution in [2.75, 3.05) is 0 Å². The standard InChI is InChI=1S/C29H26Cl3N3O/c1-17-26(18-7-11-21(30)12-8-18)27(23-14-13-22(31)15-24(23)32)35-25(34-17)16-33-28(36)19-5-9-20(10-6-19)29(2,3)4/h5-15H,16H2,1-4H3,(H,33,36). The Morgan fingerprint density at radius 1 is 0.861 bits per heavy atom. The number of hydrogen-bond acceptors (Lipinski definition) is 3. The van der Waals surface area contributed by atoms with E-state index >= 15 is 0 Å². The molecule has 0 radical (unpaired) electrons. The molecule has 4 aromatic rings. The topological polar surface area (TPSA) is 54.9 Å². The van der Waals surface area contributed by atoms with E-state index in [4.69, 9.17) is 39.8 Å². The van der Waals surface area contributed by atoms with Crippen molar-refractivity contribution in [3.05, 3.63) is 104 Å². The number of aryl methyl sites for hydroxylation is 1. The molecule has 0 saturated carbocycles. The van der Waals surface area contributed by atoms with Crippen molar-refractivity contribution < 1.29 is 4.79 Å². The normalized spacial score (nSPS) is 11.4. The molecule has 0 bridgehead atoms. The summed E-state index contributed by atoms with van der Waals surface area (Å²) in [4.78, 5) is 22.3. The van der Waals surface area contributed by atoms with Gasteiger partial charge in [-0.3, -0.25) is 4.79 Å². The van der Waals surface area contributed by atoms with Gasteiger partial charge in [0, 0.05) is 32.4 Å². The number of carbonyl (C=O) groups is 1. The van der Waals surface area contributed by atoms with Gasteiger partial charge in [0.1, 0.15) is 5.82 Å². The van der Waals surface area contributed by atoms with Gasteiger partial charge in [0.05, 0.1) is 17.3 Å². The summed E-state index contributed by atoms with van der Waals surface area (Å²) in [5, 5.41) is 4.58. The van der Waals surface area contributed by atoms with Crippen LogP contribution in [-0.2, 0) is 12.0 Å². The SMILES string of the molecule is Cc1nc(CNC(=O)c2ccc(C(C)(C)C)cc2)nc(-c2ccc(Cl)cc2Cl)c1-c1ccc(Cl)cc1. The number of amides is 1. The van der Waals surface area contributed by atoms with Crippen LogP contribution < -0.4 is 5.32 Å². The Balaban J connectivity index is 1.67. The number of carbonyl (C=O) groups excluding carboxylic acids is 1. The van der Waals surface area contributed by atoms with Crippen molar-refractivity contribution in [1.29, 1.82) is 0 Å². The van der Waals surface area contributed by atoms with Crippen LogP contribution in [0.4, 0.5) is 0 Å². The summed E-state index contributed by atoms with van der Waals surface area (Å²) in [6, 6.07) is 20.4. The molecule has 1 heterocycles. The minimum Gasteiger partial charge on any atom is -0.345 e. The Kier molecular flexibility index (Phi) is 7.70. The second-order valence-corrected chi connectivity index (χ2v) is 10.9. The fourth-order valence-electron chi connectivity index (χ4n) is 3.93. The Morgan fingerprint density at radius 3 is 2.11 bits per heavy atom. The summed E-state index contributed by atoms with van der Waals surface area (Å²) in [5.41, 5.74) is 5.65. The van der Waals surface area contributed by atoms with Crippen LogP contribution in [0.3, 0.4) is 0 Å². The zero-order valence-corrected chi connectivity index (χ0v) is 22.8. The van der Waals surface area contributed by atoms with Crippen LogP contribution in [0, 0.1) is 6.92 Å². The fourth-order valence-corrected chi connectivity index (χ4v) is 4.56. The first-order valence-corrected chi connectivity index (χ1v) is 12.6. The number of nitrogens with zero attached hydrogens (tertiary/aromatic N) is 2. The molecule has 4 nitrogen and oxygen atoms in total. The Morgan fingerprint density at radius 2 is 1.50 bits per heavy atom. The summed E-state index contributed by atoms with van der Waals surface area (Å²) in [5.74, 6) is 0.287. The largest absolute Gasteiger partial charge is 0.345 e. The maximum atomic E-state index is 12.8. The summed E-state index contributed by atoms with van der Waals surface area (Å²) in [6.07, 6.45) is 0. The second kappa shape index (κ2) is 10.6. The lowest BCUT2D eigenvalue weighted by Crippen LogP contribution is -2.24. The monoisotopic (exact) mass is 537 g/mol. The van der Waals surface area contributed by atoms with Gasteiger partial charge in [-0.15, -0.1) is 0 Å². The number of aromatic nitrogens is 2. The zero-order valence-electron chi connectivity index (χ0n) is 20.5. The predicted octanol–water partition coefficient (Wildman–Crippen LogP) is 8.31. The smallest absolute Gasteiger partial charge is 0.251 e. The van der Waals surface area contributed by atoms with E-state index in [1.54, 1.807) is 12.1 Å². The van der Waals surface area contributed by atoms with Gasteiger partial charge >= 0.3 is 0 Å². The molecule has 0 fully saturated rings. The molecule has 7 heteroatoms. The summed E-state index contributed by atoms with van der Waals surface area (Å²) < 4.78 is 0.